The van der Waals surface area contributed by atoms with Gasteiger partial charge in [0.15, 0.2) is 0 Å². The highest BCUT2D eigenvalue weighted by Crippen LogP contribution is 2.22. The zero-order valence-electron chi connectivity index (χ0n) is 14.9. The number of nitrogens with one attached hydrogen (secondary N) is 1. The number of carbonyl (C=O) groups is 2. The Hall–Kier alpha value is -2.90. The summed E-state index contributed by atoms with van der Waals surface area (Å²) >= 11 is 0. The van der Waals surface area contributed by atoms with E-state index in [4.69, 9.17) is 0 Å². The van der Waals surface area contributed by atoms with Crippen LogP contribution in [-0.2, 0) is 6.42 Å². The van der Waals surface area contributed by atoms with Gasteiger partial charge in [0.2, 0.25) is 0 Å². The van der Waals surface area contributed by atoms with E-state index in [2.05, 4.69) is 15.3 Å². The summed E-state index contributed by atoms with van der Waals surface area (Å²) in [6, 6.07) is 4.49. The highest BCUT2D eigenvalue weighted by Gasteiger charge is 2.26. The Balaban J connectivity index is 1.69. The van der Waals surface area contributed by atoms with Gasteiger partial charge in [0, 0.05) is 37.5 Å². The van der Waals surface area contributed by atoms with Crippen LogP contribution in [-0.4, -0.2) is 46.8 Å². The number of benzene rings is 1. The van der Waals surface area contributed by atoms with Gasteiger partial charge in [0.1, 0.15) is 23.7 Å². The van der Waals surface area contributed by atoms with Gasteiger partial charge in [0.05, 0.1) is 0 Å². The number of carbonyl (C=O) groups excluding carboxylic acids is 2. The molecule has 0 spiro atoms. The molecule has 1 fully saturated rings. The zero-order chi connectivity index (χ0) is 19.4. The summed E-state index contributed by atoms with van der Waals surface area (Å²) in [5, 5.41) is 2.52. The molecule has 1 saturated heterocycles. The molecule has 2 amide bonds. The van der Waals surface area contributed by atoms with E-state index in [9.17, 15) is 18.4 Å². The number of amides is 2. The fraction of sp³-hybridized carbons (Fsp3) is 0.368. The lowest BCUT2D eigenvalue weighted by Crippen LogP contribution is -2.40. The van der Waals surface area contributed by atoms with Gasteiger partial charge in [-0.2, -0.15) is 0 Å². The second-order valence-corrected chi connectivity index (χ2v) is 6.60. The number of nitrogens with zero attached hydrogens (tertiary/aromatic N) is 3. The van der Waals surface area contributed by atoms with Gasteiger partial charge < -0.3 is 10.2 Å². The fourth-order valence-corrected chi connectivity index (χ4v) is 3.33. The minimum atomic E-state index is -0.769. The number of likely N-dealkylation sites (tertiary alicyclic amines) is 1. The summed E-state index contributed by atoms with van der Waals surface area (Å²) in [7, 11) is 1.53. The minimum Gasteiger partial charge on any atom is -0.354 e. The maximum atomic E-state index is 13.4. The molecular weight excluding hydrogens is 354 g/mol. The van der Waals surface area contributed by atoms with E-state index in [-0.39, 0.29) is 23.3 Å². The minimum absolute atomic E-state index is 0.0112. The summed E-state index contributed by atoms with van der Waals surface area (Å²) in [4.78, 5) is 34.1. The molecule has 0 bridgehead atoms. The summed E-state index contributed by atoms with van der Waals surface area (Å²) in [5.41, 5.74) is 1.03. The number of halogens is 2. The van der Waals surface area contributed by atoms with E-state index in [0.29, 0.717) is 25.2 Å². The van der Waals surface area contributed by atoms with Crippen LogP contribution in [0.1, 0.15) is 39.4 Å². The largest absolute Gasteiger partial charge is 0.354 e. The van der Waals surface area contributed by atoms with E-state index in [1.54, 1.807) is 11.0 Å². The van der Waals surface area contributed by atoms with Crippen molar-refractivity contribution in [3.8, 4) is 0 Å². The smallest absolute Gasteiger partial charge is 0.269 e. The van der Waals surface area contributed by atoms with Crippen molar-refractivity contribution in [3.63, 3.8) is 0 Å². The molecule has 1 N–H and O–H groups in total. The number of hydrogen-bond acceptors (Lipinski definition) is 4. The van der Waals surface area contributed by atoms with Gasteiger partial charge in [-0.25, -0.2) is 18.7 Å². The summed E-state index contributed by atoms with van der Waals surface area (Å²) in [6.07, 6.45) is 3.64. The average molecular weight is 374 g/mol. The molecular formula is C19H20F2N4O2. The number of rotatable bonds is 4. The zero-order valence-corrected chi connectivity index (χ0v) is 14.9. The van der Waals surface area contributed by atoms with Crippen molar-refractivity contribution in [3.05, 3.63) is 59.2 Å². The van der Waals surface area contributed by atoms with Crippen LogP contribution >= 0.6 is 0 Å². The van der Waals surface area contributed by atoms with Crippen LogP contribution in [0.2, 0.25) is 0 Å². The molecule has 3 rings (SSSR count). The number of aromatic nitrogens is 2. The second kappa shape index (κ2) is 8.20. The summed E-state index contributed by atoms with van der Waals surface area (Å²) in [5.74, 6) is -2.06. The van der Waals surface area contributed by atoms with E-state index in [1.165, 1.54) is 13.4 Å². The molecule has 2 heterocycles. The lowest BCUT2D eigenvalue weighted by Gasteiger charge is -2.32. The van der Waals surface area contributed by atoms with E-state index in [1.807, 2.05) is 0 Å². The highest BCUT2D eigenvalue weighted by atomic mass is 19.1. The molecule has 142 valence electrons. The Bertz CT molecular complexity index is 839. The molecule has 0 aliphatic carbocycles. The molecule has 8 heteroatoms. The number of piperidine rings is 1. The van der Waals surface area contributed by atoms with Gasteiger partial charge in [-0.1, -0.05) is 0 Å². The Morgan fingerprint density at radius 3 is 2.63 bits per heavy atom. The van der Waals surface area contributed by atoms with Crippen LogP contribution in [0.15, 0.2) is 30.6 Å². The first kappa shape index (κ1) is 18.9. The number of hydrogen-bond donors (Lipinski definition) is 1. The third kappa shape index (κ3) is 4.64. The van der Waals surface area contributed by atoms with Gasteiger partial charge in [0.25, 0.3) is 11.8 Å². The van der Waals surface area contributed by atoms with Crippen molar-refractivity contribution in [2.24, 2.45) is 5.92 Å². The lowest BCUT2D eigenvalue weighted by atomic mass is 9.92. The summed E-state index contributed by atoms with van der Waals surface area (Å²) < 4.78 is 26.8. The molecule has 6 nitrogen and oxygen atoms in total. The van der Waals surface area contributed by atoms with Crippen molar-refractivity contribution in [2.45, 2.75) is 19.3 Å². The van der Waals surface area contributed by atoms with Crippen LogP contribution < -0.4 is 5.32 Å². The van der Waals surface area contributed by atoms with E-state index >= 15 is 0 Å². The second-order valence-electron chi connectivity index (χ2n) is 6.60. The third-order valence-electron chi connectivity index (χ3n) is 4.60. The molecule has 1 aromatic carbocycles. The van der Waals surface area contributed by atoms with Crippen molar-refractivity contribution < 1.29 is 18.4 Å². The lowest BCUT2D eigenvalue weighted by molar-refractivity contribution is 0.0671. The molecule has 0 saturated carbocycles. The maximum absolute atomic E-state index is 13.4. The quantitative estimate of drug-likeness (QED) is 0.890. The summed E-state index contributed by atoms with van der Waals surface area (Å²) in [6.45, 7) is 1.01. The Labute approximate surface area is 155 Å². The standard InChI is InChI=1S/C19H20F2N4O2/c1-22-18(26)17-9-16(23-11-24-17)5-12-3-2-4-25(10-12)19(27)13-6-14(20)8-15(21)7-13/h6-9,11-12H,2-5,10H2,1H3,(H,22,26)/t12-/m0/s1. The highest BCUT2D eigenvalue weighted by molar-refractivity contribution is 5.94. The molecule has 1 atom stereocenters. The molecule has 27 heavy (non-hydrogen) atoms. The van der Waals surface area contributed by atoms with E-state index < -0.39 is 11.6 Å². The molecule has 1 aliphatic heterocycles. The molecule has 0 unspecified atom stereocenters. The average Bonchev–Trinajstić information content (AvgIpc) is 2.66. The Morgan fingerprint density at radius 1 is 1.19 bits per heavy atom. The van der Waals surface area contributed by atoms with Crippen molar-refractivity contribution in [1.29, 1.82) is 0 Å². The van der Waals surface area contributed by atoms with Crippen LogP contribution in [0.5, 0.6) is 0 Å². The first-order valence-electron chi connectivity index (χ1n) is 8.74. The van der Waals surface area contributed by atoms with Gasteiger partial charge in [-0.3, -0.25) is 9.59 Å². The SMILES string of the molecule is CNC(=O)c1cc(C[C@@H]2CCCN(C(=O)c3cc(F)cc(F)c3)C2)ncn1. The Morgan fingerprint density at radius 2 is 1.93 bits per heavy atom. The maximum Gasteiger partial charge on any atom is 0.269 e. The van der Waals surface area contributed by atoms with E-state index in [0.717, 1.165) is 36.7 Å². The normalized spacial score (nSPS) is 16.9. The Kier molecular flexibility index (Phi) is 5.73. The van der Waals surface area contributed by atoms with Crippen molar-refractivity contribution in [1.82, 2.24) is 20.2 Å². The topological polar surface area (TPSA) is 75.2 Å². The predicted molar refractivity (Wildman–Crippen MR) is 94.1 cm³/mol. The first-order valence-corrected chi connectivity index (χ1v) is 8.74. The molecule has 2 aromatic rings. The van der Waals surface area contributed by atoms with Gasteiger partial charge >= 0.3 is 0 Å². The van der Waals surface area contributed by atoms with Crippen LogP contribution in [0.25, 0.3) is 0 Å². The monoisotopic (exact) mass is 374 g/mol. The van der Waals surface area contributed by atoms with Gasteiger partial charge in [-0.15, -0.1) is 0 Å². The molecule has 0 radical (unpaired) electrons. The van der Waals surface area contributed by atoms with Crippen molar-refractivity contribution in [2.75, 3.05) is 20.1 Å². The van der Waals surface area contributed by atoms with Gasteiger partial charge in [-0.05, 0) is 43.4 Å². The van der Waals surface area contributed by atoms with Crippen LogP contribution in [0.4, 0.5) is 8.78 Å². The van der Waals surface area contributed by atoms with Crippen molar-refractivity contribution >= 4 is 11.8 Å². The molecule has 1 aliphatic rings. The van der Waals surface area contributed by atoms with Crippen LogP contribution in [0, 0.1) is 17.6 Å². The third-order valence-corrected chi connectivity index (χ3v) is 4.60. The predicted octanol–water partition coefficient (Wildman–Crippen LogP) is 2.21. The molecule has 1 aromatic heterocycles. The fourth-order valence-electron chi connectivity index (χ4n) is 3.33. The first-order chi connectivity index (χ1) is 13.0. The van der Waals surface area contributed by atoms with Crippen LogP contribution in [0.3, 0.4) is 0 Å².